The third kappa shape index (κ3) is 6.20. The summed E-state index contributed by atoms with van der Waals surface area (Å²) in [6, 6.07) is 12.8. The van der Waals surface area contributed by atoms with Crippen LogP contribution >= 0.6 is 0 Å². The molecule has 43 heavy (non-hydrogen) atoms. The first-order chi connectivity index (χ1) is 20.6. The van der Waals surface area contributed by atoms with E-state index in [4.69, 9.17) is 9.84 Å². The zero-order valence-electron chi connectivity index (χ0n) is 23.3. The lowest BCUT2D eigenvalue weighted by Gasteiger charge is -2.30. The molecule has 1 saturated heterocycles. The van der Waals surface area contributed by atoms with E-state index in [0.717, 1.165) is 42.9 Å². The lowest BCUT2D eigenvalue weighted by molar-refractivity contribution is -0.154. The highest BCUT2D eigenvalue weighted by Crippen LogP contribution is 2.33. The topological polar surface area (TPSA) is 106 Å². The number of piperidine rings is 1. The van der Waals surface area contributed by atoms with Gasteiger partial charge in [-0.05, 0) is 48.7 Å². The van der Waals surface area contributed by atoms with Crippen molar-refractivity contribution in [3.8, 4) is 23.0 Å². The van der Waals surface area contributed by atoms with Crippen LogP contribution < -0.4 is 9.64 Å². The van der Waals surface area contributed by atoms with E-state index in [-0.39, 0.29) is 42.0 Å². The molecular formula is C30H28F3N7O3. The van der Waals surface area contributed by atoms with Gasteiger partial charge in [0, 0.05) is 50.1 Å². The summed E-state index contributed by atoms with van der Waals surface area (Å²) in [6.45, 7) is 1.83. The molecule has 0 N–H and O–H groups in total. The van der Waals surface area contributed by atoms with E-state index < -0.39 is 12.8 Å². The highest BCUT2D eigenvalue weighted by atomic mass is 19.4. The predicted molar refractivity (Wildman–Crippen MR) is 149 cm³/mol. The number of carbonyl (C=O) groups is 2. The van der Waals surface area contributed by atoms with Crippen LogP contribution in [0.1, 0.15) is 42.5 Å². The number of amides is 2. The molecule has 1 fully saturated rings. The number of likely N-dealkylation sites (tertiary alicyclic amines) is 1. The minimum absolute atomic E-state index is 0.105. The standard InChI is InChI=1S/C30H28F3N7O3/c1-19(41)38-12-8-21(9-13-38)25-10-14-40(37-25)23-6-4-20(5-7-23)17-39-26(42)15-22-16-35-27(36-28(22)39)24-3-2-11-34-29(24)43-18-30(31,32)33/h2-7,10-11,14,16,21H,8-9,12-13,15,17-18H2,1H3. The van der Waals surface area contributed by atoms with Crippen LogP contribution in [0.15, 0.2) is 61.1 Å². The van der Waals surface area contributed by atoms with E-state index in [0.29, 0.717) is 17.3 Å². The zero-order valence-corrected chi connectivity index (χ0v) is 23.3. The van der Waals surface area contributed by atoms with Crippen molar-refractivity contribution >= 4 is 17.6 Å². The molecule has 0 atom stereocenters. The monoisotopic (exact) mass is 591 g/mol. The van der Waals surface area contributed by atoms with E-state index in [1.54, 1.807) is 17.9 Å². The number of ether oxygens (including phenoxy) is 1. The summed E-state index contributed by atoms with van der Waals surface area (Å²) in [6.07, 6.45) is 2.12. The number of halogens is 3. The molecule has 4 aromatic rings. The molecule has 0 radical (unpaired) electrons. The van der Waals surface area contributed by atoms with Crippen molar-refractivity contribution in [2.45, 2.75) is 44.8 Å². The Morgan fingerprint density at radius 3 is 2.56 bits per heavy atom. The summed E-state index contributed by atoms with van der Waals surface area (Å²) >= 11 is 0. The number of carbonyl (C=O) groups excluding carboxylic acids is 2. The molecule has 1 aromatic carbocycles. The lowest BCUT2D eigenvalue weighted by atomic mass is 9.94. The summed E-state index contributed by atoms with van der Waals surface area (Å²) < 4.78 is 45.0. The third-order valence-corrected chi connectivity index (χ3v) is 7.63. The normalized spacial score (nSPS) is 15.6. The van der Waals surface area contributed by atoms with E-state index in [1.165, 1.54) is 18.5 Å². The van der Waals surface area contributed by atoms with Gasteiger partial charge in [0.25, 0.3) is 0 Å². The molecule has 10 nitrogen and oxygen atoms in total. The van der Waals surface area contributed by atoms with Gasteiger partial charge in [-0.2, -0.15) is 18.3 Å². The fourth-order valence-electron chi connectivity index (χ4n) is 5.38. The number of nitrogens with zero attached hydrogens (tertiary/aromatic N) is 7. The van der Waals surface area contributed by atoms with Crippen molar-refractivity contribution in [1.82, 2.24) is 29.6 Å². The Bertz CT molecular complexity index is 1650. The van der Waals surface area contributed by atoms with Crippen LogP contribution in [0.25, 0.3) is 17.1 Å². The minimum Gasteiger partial charge on any atom is -0.467 e. The molecule has 0 aliphatic carbocycles. The third-order valence-electron chi connectivity index (χ3n) is 7.63. The Morgan fingerprint density at radius 1 is 1.07 bits per heavy atom. The summed E-state index contributed by atoms with van der Waals surface area (Å²) in [5.74, 6) is 0.529. The molecule has 13 heteroatoms. The maximum absolute atomic E-state index is 12.9. The number of pyridine rings is 1. The number of anilines is 1. The Hall–Kier alpha value is -4.81. The van der Waals surface area contributed by atoms with Crippen LogP contribution in [0.2, 0.25) is 0 Å². The van der Waals surface area contributed by atoms with Crippen LogP contribution in [-0.4, -0.2) is 67.3 Å². The summed E-state index contributed by atoms with van der Waals surface area (Å²) in [5.41, 5.74) is 3.57. The van der Waals surface area contributed by atoms with Gasteiger partial charge in [0.2, 0.25) is 17.7 Å². The van der Waals surface area contributed by atoms with Gasteiger partial charge < -0.3 is 9.64 Å². The molecule has 3 aromatic heterocycles. The van der Waals surface area contributed by atoms with Crippen LogP contribution in [0.5, 0.6) is 5.88 Å². The number of hydrogen-bond donors (Lipinski definition) is 0. The molecule has 6 rings (SSSR count). The van der Waals surface area contributed by atoms with Gasteiger partial charge in [0.1, 0.15) is 5.82 Å². The highest BCUT2D eigenvalue weighted by molar-refractivity contribution is 6.00. The summed E-state index contributed by atoms with van der Waals surface area (Å²) in [7, 11) is 0. The fourth-order valence-corrected chi connectivity index (χ4v) is 5.38. The quantitative estimate of drug-likeness (QED) is 0.312. The van der Waals surface area contributed by atoms with Crippen LogP contribution in [-0.2, 0) is 22.6 Å². The number of benzene rings is 1. The highest BCUT2D eigenvalue weighted by Gasteiger charge is 2.32. The predicted octanol–water partition coefficient (Wildman–Crippen LogP) is 4.48. The first-order valence-corrected chi connectivity index (χ1v) is 13.9. The van der Waals surface area contributed by atoms with E-state index in [2.05, 4.69) is 15.0 Å². The van der Waals surface area contributed by atoms with E-state index in [1.807, 2.05) is 46.1 Å². The van der Waals surface area contributed by atoms with Gasteiger partial charge in [0.15, 0.2) is 12.4 Å². The number of fused-ring (bicyclic) bond motifs is 1. The summed E-state index contributed by atoms with van der Waals surface area (Å²) in [4.78, 5) is 40.7. The second kappa shape index (κ2) is 11.5. The van der Waals surface area contributed by atoms with Gasteiger partial charge in [-0.1, -0.05) is 12.1 Å². The molecule has 222 valence electrons. The Labute approximate surface area is 245 Å². The minimum atomic E-state index is -4.53. The molecule has 5 heterocycles. The average Bonchev–Trinajstić information content (AvgIpc) is 3.61. The number of aromatic nitrogens is 5. The Balaban J connectivity index is 1.16. The smallest absolute Gasteiger partial charge is 0.422 e. The van der Waals surface area contributed by atoms with Crippen molar-refractivity contribution in [3.63, 3.8) is 0 Å². The SMILES string of the molecule is CC(=O)N1CCC(c2ccn(-c3ccc(CN4C(=O)Cc5cnc(-c6cccnc6OCC(F)(F)F)nc54)cc3)n2)CC1. The molecule has 2 amide bonds. The molecule has 2 aliphatic heterocycles. The van der Waals surface area contributed by atoms with Crippen molar-refractivity contribution < 1.29 is 27.5 Å². The first kappa shape index (κ1) is 28.3. The molecule has 0 saturated carbocycles. The Morgan fingerprint density at radius 2 is 1.84 bits per heavy atom. The fraction of sp³-hybridized carbons (Fsp3) is 0.333. The van der Waals surface area contributed by atoms with Gasteiger partial charge in [-0.25, -0.2) is 19.6 Å². The Kier molecular flexibility index (Phi) is 7.55. The van der Waals surface area contributed by atoms with Gasteiger partial charge in [-0.3, -0.25) is 14.5 Å². The van der Waals surface area contributed by atoms with E-state index in [9.17, 15) is 22.8 Å². The van der Waals surface area contributed by atoms with Crippen LogP contribution in [0.4, 0.5) is 19.0 Å². The van der Waals surface area contributed by atoms with Crippen LogP contribution in [0, 0.1) is 0 Å². The molecule has 0 unspecified atom stereocenters. The van der Waals surface area contributed by atoms with Crippen molar-refractivity contribution in [1.29, 1.82) is 0 Å². The van der Waals surface area contributed by atoms with Gasteiger partial charge in [-0.15, -0.1) is 0 Å². The lowest BCUT2D eigenvalue weighted by Crippen LogP contribution is -2.36. The number of hydrogen-bond acceptors (Lipinski definition) is 7. The maximum atomic E-state index is 12.9. The number of rotatable bonds is 7. The van der Waals surface area contributed by atoms with Crippen molar-refractivity contribution in [3.05, 3.63) is 77.9 Å². The van der Waals surface area contributed by atoms with Gasteiger partial charge >= 0.3 is 6.18 Å². The second-order valence-electron chi connectivity index (χ2n) is 10.6. The van der Waals surface area contributed by atoms with Crippen molar-refractivity contribution in [2.75, 3.05) is 24.6 Å². The number of alkyl halides is 3. The summed E-state index contributed by atoms with van der Waals surface area (Å²) in [5, 5.41) is 4.77. The zero-order chi connectivity index (χ0) is 30.1. The second-order valence-corrected chi connectivity index (χ2v) is 10.6. The van der Waals surface area contributed by atoms with Crippen molar-refractivity contribution in [2.24, 2.45) is 0 Å². The first-order valence-electron chi connectivity index (χ1n) is 13.9. The van der Waals surface area contributed by atoms with Crippen LogP contribution in [0.3, 0.4) is 0 Å². The molecule has 0 spiro atoms. The van der Waals surface area contributed by atoms with E-state index >= 15 is 0 Å². The molecule has 0 bridgehead atoms. The molecule has 2 aliphatic rings. The van der Waals surface area contributed by atoms with Gasteiger partial charge in [0.05, 0.1) is 29.9 Å². The largest absolute Gasteiger partial charge is 0.467 e. The molecular weight excluding hydrogens is 563 g/mol. The average molecular weight is 592 g/mol. The maximum Gasteiger partial charge on any atom is 0.422 e.